The molecular formula is C24H22N6O2. The van der Waals surface area contributed by atoms with E-state index in [0.717, 1.165) is 28.1 Å². The molecule has 3 aromatic heterocycles. The van der Waals surface area contributed by atoms with E-state index in [0.29, 0.717) is 11.2 Å². The molecule has 2 aromatic carbocycles. The maximum atomic E-state index is 12.9. The molecule has 0 atom stereocenters. The first-order chi connectivity index (χ1) is 15.4. The van der Waals surface area contributed by atoms with Crippen molar-refractivity contribution in [1.82, 2.24) is 23.8 Å². The Morgan fingerprint density at radius 2 is 1.69 bits per heavy atom. The minimum atomic E-state index is -0.378. The summed E-state index contributed by atoms with van der Waals surface area (Å²) in [5.74, 6) is -0.308. The van der Waals surface area contributed by atoms with E-state index in [2.05, 4.69) is 15.5 Å². The van der Waals surface area contributed by atoms with Gasteiger partial charge >= 0.3 is 5.69 Å². The van der Waals surface area contributed by atoms with E-state index in [1.54, 1.807) is 16.9 Å². The van der Waals surface area contributed by atoms with Crippen LogP contribution in [0.1, 0.15) is 16.7 Å². The fraction of sp³-hybridized carbons (Fsp3) is 0.167. The highest BCUT2D eigenvalue weighted by molar-refractivity contribution is 5.92. The maximum Gasteiger partial charge on any atom is 0.350 e. The van der Waals surface area contributed by atoms with Gasteiger partial charge in [-0.1, -0.05) is 48.0 Å². The number of anilines is 1. The highest BCUT2D eigenvalue weighted by atomic mass is 16.2. The van der Waals surface area contributed by atoms with Gasteiger partial charge in [0, 0.05) is 23.6 Å². The Morgan fingerprint density at radius 3 is 2.41 bits per heavy atom. The number of fused-ring (bicyclic) bond motifs is 3. The summed E-state index contributed by atoms with van der Waals surface area (Å²) in [6.45, 7) is 5.72. The Labute approximate surface area is 183 Å². The average Bonchev–Trinajstić information content (AvgIpc) is 3.33. The molecule has 8 heteroatoms. The second-order valence-corrected chi connectivity index (χ2v) is 7.97. The van der Waals surface area contributed by atoms with Crippen molar-refractivity contribution < 1.29 is 4.79 Å². The van der Waals surface area contributed by atoms with Gasteiger partial charge < -0.3 is 5.32 Å². The second-order valence-electron chi connectivity index (χ2n) is 7.97. The minimum Gasteiger partial charge on any atom is -0.324 e. The van der Waals surface area contributed by atoms with Crippen molar-refractivity contribution in [3.05, 3.63) is 88.1 Å². The van der Waals surface area contributed by atoms with Gasteiger partial charge in [-0.2, -0.15) is 5.10 Å². The van der Waals surface area contributed by atoms with Gasteiger partial charge in [-0.15, -0.1) is 5.10 Å². The van der Waals surface area contributed by atoms with Crippen LogP contribution in [0.15, 0.2) is 65.7 Å². The lowest BCUT2D eigenvalue weighted by molar-refractivity contribution is -0.117. The Bertz CT molecular complexity index is 1520. The fourth-order valence-corrected chi connectivity index (χ4v) is 3.83. The Hall–Kier alpha value is -4.20. The summed E-state index contributed by atoms with van der Waals surface area (Å²) in [5.41, 5.74) is 6.38. The lowest BCUT2D eigenvalue weighted by Crippen LogP contribution is -2.28. The van der Waals surface area contributed by atoms with Gasteiger partial charge in [-0.3, -0.25) is 4.79 Å². The third kappa shape index (κ3) is 3.35. The van der Waals surface area contributed by atoms with Crippen molar-refractivity contribution >= 4 is 22.8 Å². The first kappa shape index (κ1) is 19.7. The van der Waals surface area contributed by atoms with Crippen LogP contribution < -0.4 is 11.0 Å². The van der Waals surface area contributed by atoms with Crippen molar-refractivity contribution in [3.8, 4) is 11.3 Å². The molecule has 5 aromatic rings. The van der Waals surface area contributed by atoms with Gasteiger partial charge in [-0.05, 0) is 38.0 Å². The lowest BCUT2D eigenvalue weighted by Gasteiger charge is -2.10. The van der Waals surface area contributed by atoms with E-state index in [4.69, 9.17) is 0 Å². The van der Waals surface area contributed by atoms with Gasteiger partial charge in [0.25, 0.3) is 0 Å². The van der Waals surface area contributed by atoms with Crippen LogP contribution in [0.3, 0.4) is 0 Å². The molecule has 160 valence electrons. The zero-order valence-electron chi connectivity index (χ0n) is 18.0. The lowest BCUT2D eigenvalue weighted by atomic mass is 10.1. The second kappa shape index (κ2) is 7.49. The molecule has 0 spiro atoms. The Kier molecular flexibility index (Phi) is 4.62. The summed E-state index contributed by atoms with van der Waals surface area (Å²) in [6, 6.07) is 15.8. The number of rotatable bonds is 4. The minimum absolute atomic E-state index is 0.181. The summed E-state index contributed by atoms with van der Waals surface area (Å²) in [6.07, 6.45) is 3.33. The van der Waals surface area contributed by atoms with Crippen molar-refractivity contribution in [2.45, 2.75) is 27.3 Å². The largest absolute Gasteiger partial charge is 0.350 e. The first-order valence-electron chi connectivity index (χ1n) is 10.3. The summed E-state index contributed by atoms with van der Waals surface area (Å²) in [7, 11) is 0. The zero-order valence-corrected chi connectivity index (χ0v) is 18.0. The molecule has 0 radical (unpaired) electrons. The molecule has 3 heterocycles. The van der Waals surface area contributed by atoms with E-state index in [9.17, 15) is 9.59 Å². The number of nitrogens with one attached hydrogen (secondary N) is 1. The number of aryl methyl sites for hydroxylation is 3. The van der Waals surface area contributed by atoms with Crippen molar-refractivity contribution in [2.24, 2.45) is 0 Å². The van der Waals surface area contributed by atoms with Gasteiger partial charge in [0.15, 0.2) is 5.65 Å². The van der Waals surface area contributed by atoms with Crippen LogP contribution in [0, 0.1) is 20.8 Å². The van der Waals surface area contributed by atoms with Crippen molar-refractivity contribution in [3.63, 3.8) is 0 Å². The number of aromatic nitrogens is 5. The van der Waals surface area contributed by atoms with Crippen molar-refractivity contribution in [1.29, 1.82) is 0 Å². The molecule has 32 heavy (non-hydrogen) atoms. The molecule has 1 N–H and O–H groups in total. The average molecular weight is 426 g/mol. The van der Waals surface area contributed by atoms with Crippen LogP contribution >= 0.6 is 0 Å². The number of hydrogen-bond donors (Lipinski definition) is 1. The summed E-state index contributed by atoms with van der Waals surface area (Å²) in [4.78, 5) is 25.5. The SMILES string of the molecule is Cc1ccc(-c2cc3c4nn(CC(=O)Nc5c(C)cccc5C)c(=O)n4ccn3n2)cc1. The molecule has 5 rings (SSSR count). The van der Waals surface area contributed by atoms with E-state index in [1.807, 2.05) is 69.3 Å². The van der Waals surface area contributed by atoms with Crippen LogP contribution in [-0.2, 0) is 11.3 Å². The van der Waals surface area contributed by atoms with E-state index < -0.39 is 0 Å². The standard InChI is InChI=1S/C24H22N6O2/c1-15-7-9-18(10-8-15)19-13-20-23-27-30(24(32)28(23)11-12-29(20)26-19)14-21(31)25-22-16(2)5-4-6-17(22)3/h4-13H,14H2,1-3H3,(H,25,31). The number of para-hydroxylation sites is 1. The quantitative estimate of drug-likeness (QED) is 0.477. The molecule has 1 amide bonds. The summed E-state index contributed by atoms with van der Waals surface area (Å²) in [5, 5.41) is 11.9. The fourth-order valence-electron chi connectivity index (χ4n) is 3.83. The van der Waals surface area contributed by atoms with Crippen LogP contribution in [0.5, 0.6) is 0 Å². The van der Waals surface area contributed by atoms with Gasteiger partial charge in [-0.25, -0.2) is 18.4 Å². The molecule has 0 aliphatic rings. The number of hydrogen-bond acceptors (Lipinski definition) is 4. The molecule has 0 fully saturated rings. The molecular weight excluding hydrogens is 404 g/mol. The molecule has 0 saturated heterocycles. The first-order valence-corrected chi connectivity index (χ1v) is 10.3. The number of benzene rings is 2. The van der Waals surface area contributed by atoms with Crippen LogP contribution in [0.25, 0.3) is 22.4 Å². The van der Waals surface area contributed by atoms with Crippen LogP contribution in [-0.4, -0.2) is 29.7 Å². The smallest absolute Gasteiger partial charge is 0.324 e. The number of carbonyl (C=O) groups is 1. The molecule has 0 saturated carbocycles. The van der Waals surface area contributed by atoms with E-state index in [1.165, 1.54) is 14.6 Å². The topological polar surface area (TPSA) is 85.7 Å². The van der Waals surface area contributed by atoms with Crippen LogP contribution in [0.2, 0.25) is 0 Å². The van der Waals surface area contributed by atoms with Gasteiger partial charge in [0.2, 0.25) is 5.91 Å². The normalized spacial score (nSPS) is 11.3. The predicted molar refractivity (Wildman–Crippen MR) is 123 cm³/mol. The van der Waals surface area contributed by atoms with Crippen LogP contribution in [0.4, 0.5) is 5.69 Å². The molecule has 0 unspecified atom stereocenters. The van der Waals surface area contributed by atoms with E-state index >= 15 is 0 Å². The summed E-state index contributed by atoms with van der Waals surface area (Å²) < 4.78 is 4.30. The molecule has 8 nitrogen and oxygen atoms in total. The van der Waals surface area contributed by atoms with Crippen molar-refractivity contribution in [2.75, 3.05) is 5.32 Å². The molecule has 0 aliphatic heterocycles. The summed E-state index contributed by atoms with van der Waals surface area (Å²) >= 11 is 0. The Morgan fingerprint density at radius 1 is 0.969 bits per heavy atom. The highest BCUT2D eigenvalue weighted by Gasteiger charge is 2.16. The molecule has 0 bridgehead atoms. The zero-order chi connectivity index (χ0) is 22.4. The third-order valence-corrected chi connectivity index (χ3v) is 5.58. The highest BCUT2D eigenvalue weighted by Crippen LogP contribution is 2.22. The monoisotopic (exact) mass is 426 g/mol. The number of nitrogens with zero attached hydrogens (tertiary/aromatic N) is 5. The van der Waals surface area contributed by atoms with Gasteiger partial charge in [0.05, 0.1) is 5.69 Å². The number of amides is 1. The molecule has 0 aliphatic carbocycles. The van der Waals surface area contributed by atoms with Gasteiger partial charge in [0.1, 0.15) is 12.1 Å². The third-order valence-electron chi connectivity index (χ3n) is 5.58. The maximum absolute atomic E-state index is 12.9. The predicted octanol–water partition coefficient (Wildman–Crippen LogP) is 3.37. The number of carbonyl (C=O) groups excluding carboxylic acids is 1. The Balaban J connectivity index is 1.50. The van der Waals surface area contributed by atoms with E-state index in [-0.39, 0.29) is 18.1 Å².